The van der Waals surface area contributed by atoms with E-state index in [0.29, 0.717) is 30.0 Å². The van der Waals surface area contributed by atoms with Gasteiger partial charge in [0.15, 0.2) is 0 Å². The molecular formula is C23H33F3N2O3. The molecule has 1 heterocycles. The van der Waals surface area contributed by atoms with E-state index in [1.165, 1.54) is 0 Å². The van der Waals surface area contributed by atoms with Gasteiger partial charge in [-0.3, -0.25) is 4.79 Å². The summed E-state index contributed by atoms with van der Waals surface area (Å²) in [7, 11) is 0. The Morgan fingerprint density at radius 2 is 1.81 bits per heavy atom. The molecule has 0 bridgehead atoms. The second kappa shape index (κ2) is 9.46. The Hall–Kier alpha value is -1.64. The number of hydrogen-bond donors (Lipinski definition) is 3. The minimum Gasteiger partial charge on any atom is -0.390 e. The lowest BCUT2D eigenvalue weighted by Crippen LogP contribution is -2.41. The Labute approximate surface area is 181 Å². The fourth-order valence-corrected chi connectivity index (χ4v) is 4.89. The third kappa shape index (κ3) is 6.43. The molecule has 1 saturated carbocycles. The molecule has 5 nitrogen and oxygen atoms in total. The van der Waals surface area contributed by atoms with Gasteiger partial charge in [-0.1, -0.05) is 11.6 Å². The smallest absolute Gasteiger partial charge is 0.390 e. The molecule has 1 aromatic rings. The summed E-state index contributed by atoms with van der Waals surface area (Å²) in [6, 6.07) is 4.28. The number of hydrogen-bond acceptors (Lipinski definition) is 4. The lowest BCUT2D eigenvalue weighted by atomic mass is 9.82. The third-order valence-corrected chi connectivity index (χ3v) is 6.43. The van der Waals surface area contributed by atoms with E-state index in [1.807, 2.05) is 0 Å². The molecule has 2 fully saturated rings. The fraction of sp³-hybridized carbons (Fsp3) is 0.696. The minimum absolute atomic E-state index is 0.0245. The van der Waals surface area contributed by atoms with Crippen molar-refractivity contribution in [1.82, 2.24) is 10.6 Å². The number of rotatable bonds is 6. The topological polar surface area (TPSA) is 70.6 Å². The zero-order chi connectivity index (χ0) is 22.8. The van der Waals surface area contributed by atoms with Gasteiger partial charge in [-0.15, -0.1) is 0 Å². The quantitative estimate of drug-likeness (QED) is 0.630. The number of aliphatic hydroxyl groups is 1. The van der Waals surface area contributed by atoms with Gasteiger partial charge < -0.3 is 20.5 Å². The van der Waals surface area contributed by atoms with E-state index in [2.05, 4.69) is 10.6 Å². The van der Waals surface area contributed by atoms with Crippen molar-refractivity contribution in [2.75, 3.05) is 13.2 Å². The molecule has 3 rings (SSSR count). The summed E-state index contributed by atoms with van der Waals surface area (Å²) in [4.78, 5) is 13.0. The van der Waals surface area contributed by atoms with Gasteiger partial charge in [0.2, 0.25) is 5.91 Å². The maximum atomic E-state index is 13.1. The molecule has 1 amide bonds. The maximum Gasteiger partial charge on any atom is 0.416 e. The standard InChI is InChI=1S/C23H33F3N2O3/c1-14-8-15(10-16(9-14)23(24,25)26)13-27-21(29)19-11-18(12-20(19)22(2,3)30)28-17-4-6-31-7-5-17/h8-10,17-20,28,30H,4-7,11-13H2,1-3H3,(H,27,29)/t18?,19-,20?/m1/s1. The highest BCUT2D eigenvalue weighted by molar-refractivity contribution is 5.79. The molecule has 0 aromatic heterocycles. The van der Waals surface area contributed by atoms with Crippen molar-refractivity contribution in [2.24, 2.45) is 11.8 Å². The average Bonchev–Trinajstić information content (AvgIpc) is 3.10. The number of carbonyl (C=O) groups excluding carboxylic acids is 1. The van der Waals surface area contributed by atoms with Crippen molar-refractivity contribution in [2.45, 2.75) is 76.9 Å². The predicted molar refractivity (Wildman–Crippen MR) is 111 cm³/mol. The molecule has 8 heteroatoms. The van der Waals surface area contributed by atoms with Crippen molar-refractivity contribution in [1.29, 1.82) is 0 Å². The van der Waals surface area contributed by atoms with Gasteiger partial charge in [-0.2, -0.15) is 13.2 Å². The first kappa shape index (κ1) is 24.0. The normalized spacial score (nSPS) is 25.6. The van der Waals surface area contributed by atoms with Gasteiger partial charge in [0.05, 0.1) is 11.2 Å². The second-order valence-electron chi connectivity index (χ2n) is 9.51. The summed E-state index contributed by atoms with van der Waals surface area (Å²) >= 11 is 0. The first-order valence-corrected chi connectivity index (χ1v) is 10.9. The Balaban J connectivity index is 1.65. The molecule has 1 aromatic carbocycles. The molecule has 31 heavy (non-hydrogen) atoms. The SMILES string of the molecule is Cc1cc(CNC(=O)[C@@H]2CC(NC3CCOCC3)CC2C(C)(C)O)cc(C(F)(F)F)c1. The summed E-state index contributed by atoms with van der Waals surface area (Å²) in [5, 5.41) is 17.1. The van der Waals surface area contributed by atoms with Crippen LogP contribution in [0, 0.1) is 18.8 Å². The second-order valence-corrected chi connectivity index (χ2v) is 9.51. The summed E-state index contributed by atoms with van der Waals surface area (Å²) in [6.45, 7) is 6.50. The molecule has 1 aliphatic carbocycles. The number of halogens is 3. The molecule has 2 unspecified atom stereocenters. The molecule has 1 saturated heterocycles. The van der Waals surface area contributed by atoms with Crippen LogP contribution in [-0.4, -0.2) is 41.9 Å². The molecule has 0 radical (unpaired) electrons. The molecule has 1 aliphatic heterocycles. The lowest BCUT2D eigenvalue weighted by Gasteiger charge is -2.30. The van der Waals surface area contributed by atoms with Crippen molar-refractivity contribution < 1.29 is 27.8 Å². The third-order valence-electron chi connectivity index (χ3n) is 6.43. The van der Waals surface area contributed by atoms with Gasteiger partial charge >= 0.3 is 6.18 Å². The van der Waals surface area contributed by atoms with Crippen LogP contribution >= 0.6 is 0 Å². The lowest BCUT2D eigenvalue weighted by molar-refractivity contribution is -0.137. The number of nitrogens with one attached hydrogen (secondary N) is 2. The average molecular weight is 443 g/mol. The monoisotopic (exact) mass is 442 g/mol. The molecule has 0 spiro atoms. The number of ether oxygens (including phenoxy) is 1. The minimum atomic E-state index is -4.43. The van der Waals surface area contributed by atoms with Crippen LogP contribution in [-0.2, 0) is 22.3 Å². The van der Waals surface area contributed by atoms with Crippen LogP contribution in [0.25, 0.3) is 0 Å². The summed E-state index contributed by atoms with van der Waals surface area (Å²) in [5.41, 5.74) is -0.834. The molecular weight excluding hydrogens is 409 g/mol. The molecule has 3 N–H and O–H groups in total. The molecule has 2 aliphatic rings. The Morgan fingerprint density at radius 3 is 2.42 bits per heavy atom. The highest BCUT2D eigenvalue weighted by atomic mass is 19.4. The fourth-order valence-electron chi connectivity index (χ4n) is 4.89. The van der Waals surface area contributed by atoms with E-state index >= 15 is 0 Å². The maximum absolute atomic E-state index is 13.1. The number of carbonyl (C=O) groups is 1. The van der Waals surface area contributed by atoms with Crippen molar-refractivity contribution in [3.8, 4) is 0 Å². The van der Waals surface area contributed by atoms with Gasteiger partial charge in [-0.05, 0) is 64.2 Å². The van der Waals surface area contributed by atoms with Crippen molar-refractivity contribution >= 4 is 5.91 Å². The van der Waals surface area contributed by atoms with Gasteiger partial charge in [0.25, 0.3) is 0 Å². The van der Waals surface area contributed by atoms with Crippen molar-refractivity contribution in [3.63, 3.8) is 0 Å². The number of aryl methyl sites for hydroxylation is 1. The Morgan fingerprint density at radius 1 is 1.13 bits per heavy atom. The van der Waals surface area contributed by atoms with Crippen LogP contribution in [0.3, 0.4) is 0 Å². The highest BCUT2D eigenvalue weighted by Crippen LogP contribution is 2.40. The van der Waals surface area contributed by atoms with Crippen LogP contribution in [0.15, 0.2) is 18.2 Å². The summed E-state index contributed by atoms with van der Waals surface area (Å²) < 4.78 is 44.6. The number of alkyl halides is 3. The summed E-state index contributed by atoms with van der Waals surface area (Å²) in [5.74, 6) is -0.851. The predicted octanol–water partition coefficient (Wildman–Crippen LogP) is 3.56. The van der Waals surface area contributed by atoms with E-state index in [-0.39, 0.29) is 24.4 Å². The van der Waals surface area contributed by atoms with Crippen LogP contribution in [0.2, 0.25) is 0 Å². The van der Waals surface area contributed by atoms with E-state index in [9.17, 15) is 23.1 Å². The van der Waals surface area contributed by atoms with Gasteiger partial charge in [-0.25, -0.2) is 0 Å². The zero-order valence-electron chi connectivity index (χ0n) is 18.4. The largest absolute Gasteiger partial charge is 0.416 e. The van der Waals surface area contributed by atoms with Crippen LogP contribution < -0.4 is 10.6 Å². The first-order chi connectivity index (χ1) is 14.4. The van der Waals surface area contributed by atoms with Crippen LogP contribution in [0.4, 0.5) is 13.2 Å². The van der Waals surface area contributed by atoms with Gasteiger partial charge in [0.1, 0.15) is 0 Å². The van der Waals surface area contributed by atoms with Gasteiger partial charge in [0, 0.05) is 43.7 Å². The number of benzene rings is 1. The van der Waals surface area contributed by atoms with E-state index in [1.54, 1.807) is 26.8 Å². The van der Waals surface area contributed by atoms with E-state index in [0.717, 1.165) is 38.2 Å². The van der Waals surface area contributed by atoms with Crippen LogP contribution in [0.1, 0.15) is 56.2 Å². The summed E-state index contributed by atoms with van der Waals surface area (Å²) in [6.07, 6.45) is -1.29. The highest BCUT2D eigenvalue weighted by Gasteiger charge is 2.45. The number of amides is 1. The Bertz CT molecular complexity index is 770. The first-order valence-electron chi connectivity index (χ1n) is 10.9. The van der Waals surface area contributed by atoms with E-state index in [4.69, 9.17) is 4.74 Å². The van der Waals surface area contributed by atoms with Crippen LogP contribution in [0.5, 0.6) is 0 Å². The van der Waals surface area contributed by atoms with Crippen molar-refractivity contribution in [3.05, 3.63) is 34.9 Å². The van der Waals surface area contributed by atoms with E-state index < -0.39 is 23.3 Å². The molecule has 3 atom stereocenters. The molecule has 174 valence electrons. The Kier molecular flexibility index (Phi) is 7.33. The zero-order valence-corrected chi connectivity index (χ0v) is 18.4.